The number of hydrogen-bond donors (Lipinski definition) is 1. The summed E-state index contributed by atoms with van der Waals surface area (Å²) in [5, 5.41) is 2.33. The Morgan fingerprint density at radius 1 is 1.04 bits per heavy atom. The molecule has 1 fully saturated rings. The molecule has 0 spiro atoms. The fourth-order valence-corrected chi connectivity index (χ4v) is 1.61. The lowest BCUT2D eigenvalue weighted by molar-refractivity contribution is -0.135. The molecule has 1 saturated heterocycles. The smallest absolute Gasteiger partial charge is 0.234 e. The third-order valence-corrected chi connectivity index (χ3v) is 2.38. The van der Waals surface area contributed by atoms with Crippen LogP contribution in [-0.4, -0.2) is 11.8 Å². The Bertz CT molecular complexity index is 393. The minimum Gasteiger partial charge on any atom is -0.296 e. The van der Waals surface area contributed by atoms with Crippen molar-refractivity contribution in [3.05, 3.63) is 49.1 Å². The van der Waals surface area contributed by atoms with Gasteiger partial charge in [0.05, 0.1) is 5.92 Å². The topological polar surface area (TPSA) is 46.2 Å². The van der Waals surface area contributed by atoms with Crippen LogP contribution in [0.2, 0.25) is 0 Å². The lowest BCUT2D eigenvalue weighted by Crippen LogP contribution is -2.41. The largest absolute Gasteiger partial charge is 0.296 e. The molecule has 25 heavy (non-hydrogen) atoms. The van der Waals surface area contributed by atoms with E-state index in [1.54, 1.807) is 24.3 Å². The molecule has 1 unspecified atom stereocenters. The Labute approximate surface area is 157 Å². The number of nitrogens with one attached hydrogen (secondary N) is 1. The predicted molar refractivity (Wildman–Crippen MR) is 113 cm³/mol. The number of amides is 2. The second-order valence-corrected chi connectivity index (χ2v) is 4.21. The van der Waals surface area contributed by atoms with Gasteiger partial charge in [-0.25, -0.2) is 0 Å². The number of allylic oxidation sites excluding steroid dienone is 5. The van der Waals surface area contributed by atoms with E-state index in [-0.39, 0.29) is 17.7 Å². The normalized spacial score (nSPS) is 15.5. The molecule has 146 valence electrons. The number of carbonyl (C=O) groups is 2. The van der Waals surface area contributed by atoms with E-state index < -0.39 is 0 Å². The van der Waals surface area contributed by atoms with Crippen LogP contribution in [-0.2, 0) is 9.59 Å². The van der Waals surface area contributed by atoms with Crippen LogP contribution in [0, 0.1) is 5.92 Å². The van der Waals surface area contributed by atoms with Crippen LogP contribution in [0.3, 0.4) is 0 Å². The molecule has 0 aliphatic carbocycles. The van der Waals surface area contributed by atoms with E-state index in [0.717, 1.165) is 5.57 Å². The van der Waals surface area contributed by atoms with Crippen molar-refractivity contribution in [2.45, 2.75) is 74.7 Å². The molecular formula is C22H41NO2. The summed E-state index contributed by atoms with van der Waals surface area (Å²) in [7, 11) is 0. The van der Waals surface area contributed by atoms with Gasteiger partial charge in [-0.3, -0.25) is 14.9 Å². The monoisotopic (exact) mass is 351 g/mol. The summed E-state index contributed by atoms with van der Waals surface area (Å²) in [5.74, 6) is -0.711. The zero-order valence-corrected chi connectivity index (χ0v) is 17.8. The Hall–Kier alpha value is -1.90. The van der Waals surface area contributed by atoms with Crippen molar-refractivity contribution in [2.24, 2.45) is 5.92 Å². The SMILES string of the molecule is C=C/C=C\C(=C/C=C)C1CCC(=O)NC1=O.CC.CC.CC.CCC. The van der Waals surface area contributed by atoms with Crippen LogP contribution >= 0.6 is 0 Å². The summed E-state index contributed by atoms with van der Waals surface area (Å²) in [4.78, 5) is 22.6. The summed E-state index contributed by atoms with van der Waals surface area (Å²) in [6, 6.07) is 0. The Morgan fingerprint density at radius 2 is 1.52 bits per heavy atom. The van der Waals surface area contributed by atoms with E-state index in [4.69, 9.17) is 0 Å². The van der Waals surface area contributed by atoms with Crippen LogP contribution in [0.4, 0.5) is 0 Å². The van der Waals surface area contributed by atoms with Crippen LogP contribution in [0.5, 0.6) is 0 Å². The molecule has 0 radical (unpaired) electrons. The van der Waals surface area contributed by atoms with Crippen molar-refractivity contribution in [2.75, 3.05) is 0 Å². The van der Waals surface area contributed by atoms with E-state index in [2.05, 4.69) is 32.3 Å². The molecule has 3 heteroatoms. The summed E-state index contributed by atoms with van der Waals surface area (Å²) in [6.07, 6.45) is 10.8. The van der Waals surface area contributed by atoms with E-state index >= 15 is 0 Å². The zero-order valence-electron chi connectivity index (χ0n) is 17.8. The first-order valence-electron chi connectivity index (χ1n) is 9.56. The molecule has 0 aromatic rings. The van der Waals surface area contributed by atoms with Gasteiger partial charge in [-0.2, -0.15) is 0 Å². The number of imide groups is 1. The van der Waals surface area contributed by atoms with Gasteiger partial charge in [0.25, 0.3) is 0 Å². The van der Waals surface area contributed by atoms with Crippen molar-refractivity contribution in [3.8, 4) is 0 Å². The average molecular weight is 352 g/mol. The second kappa shape index (κ2) is 27.0. The van der Waals surface area contributed by atoms with Crippen molar-refractivity contribution in [3.63, 3.8) is 0 Å². The first-order valence-corrected chi connectivity index (χ1v) is 9.56. The van der Waals surface area contributed by atoms with Gasteiger partial charge < -0.3 is 0 Å². The molecule has 3 nitrogen and oxygen atoms in total. The third kappa shape index (κ3) is 18.3. The van der Waals surface area contributed by atoms with Gasteiger partial charge in [-0.05, 0) is 12.0 Å². The first-order chi connectivity index (χ1) is 12.1. The average Bonchev–Trinajstić information content (AvgIpc) is 2.65. The molecule has 1 aliphatic rings. The molecule has 1 N–H and O–H groups in total. The van der Waals surface area contributed by atoms with Crippen molar-refractivity contribution < 1.29 is 9.59 Å². The summed E-state index contributed by atoms with van der Waals surface area (Å²) in [6.45, 7) is 23.4. The van der Waals surface area contributed by atoms with Gasteiger partial charge >= 0.3 is 0 Å². The molecule has 2 amide bonds. The lowest BCUT2D eigenvalue weighted by Gasteiger charge is -2.21. The molecule has 1 rings (SSSR count). The van der Waals surface area contributed by atoms with Crippen molar-refractivity contribution in [1.82, 2.24) is 5.32 Å². The molecule has 0 aromatic heterocycles. The van der Waals surface area contributed by atoms with E-state index in [9.17, 15) is 9.59 Å². The number of hydrogen-bond acceptors (Lipinski definition) is 2. The molecule has 1 aliphatic heterocycles. The van der Waals surface area contributed by atoms with Crippen LogP contribution in [0.15, 0.2) is 49.1 Å². The number of carbonyl (C=O) groups excluding carboxylic acids is 2. The molecule has 1 atom stereocenters. The molecule has 0 saturated carbocycles. The van der Waals surface area contributed by atoms with Crippen LogP contribution < -0.4 is 5.32 Å². The number of piperidine rings is 1. The molecule has 0 bridgehead atoms. The van der Waals surface area contributed by atoms with Gasteiger partial charge in [0.1, 0.15) is 0 Å². The highest BCUT2D eigenvalue weighted by molar-refractivity contribution is 6.00. The quantitative estimate of drug-likeness (QED) is 0.471. The fraction of sp³-hybridized carbons (Fsp3) is 0.545. The maximum absolute atomic E-state index is 11.6. The Morgan fingerprint density at radius 3 is 1.88 bits per heavy atom. The standard InChI is InChI=1S/C13H15NO2.C3H8.3C2H6/c1-3-5-7-10(6-4-2)11-8-9-12(15)14-13(11)16;1-3-2;3*1-2/h3-7,11H,1-2,8-9H2,(H,14,15,16);3H2,1-2H3;3*1-2H3/b7-5-,10-6+;;;;. The van der Waals surface area contributed by atoms with Gasteiger partial charge in [-0.1, -0.05) is 105 Å². The maximum atomic E-state index is 11.6. The third-order valence-electron chi connectivity index (χ3n) is 2.38. The highest BCUT2D eigenvalue weighted by Crippen LogP contribution is 2.22. The van der Waals surface area contributed by atoms with E-state index in [1.807, 2.05) is 47.6 Å². The van der Waals surface area contributed by atoms with Crippen molar-refractivity contribution in [1.29, 1.82) is 0 Å². The van der Waals surface area contributed by atoms with E-state index in [0.29, 0.717) is 12.8 Å². The Kier molecular flexibility index (Phi) is 33.4. The van der Waals surface area contributed by atoms with Gasteiger partial charge in [-0.15, -0.1) is 0 Å². The predicted octanol–water partition coefficient (Wildman–Crippen LogP) is 6.39. The summed E-state index contributed by atoms with van der Waals surface area (Å²) < 4.78 is 0. The minimum atomic E-state index is -0.271. The van der Waals surface area contributed by atoms with Crippen molar-refractivity contribution >= 4 is 11.8 Å². The zero-order chi connectivity index (χ0) is 20.7. The van der Waals surface area contributed by atoms with Gasteiger partial charge in [0.15, 0.2) is 0 Å². The number of rotatable bonds is 4. The van der Waals surface area contributed by atoms with Gasteiger partial charge in [0, 0.05) is 6.42 Å². The minimum absolute atomic E-state index is 0.202. The maximum Gasteiger partial charge on any atom is 0.234 e. The highest BCUT2D eigenvalue weighted by Gasteiger charge is 2.27. The van der Waals surface area contributed by atoms with Crippen LogP contribution in [0.25, 0.3) is 0 Å². The first kappa shape index (κ1) is 30.9. The fourth-order valence-electron chi connectivity index (χ4n) is 1.61. The van der Waals surface area contributed by atoms with Crippen LogP contribution in [0.1, 0.15) is 74.7 Å². The molecule has 0 aromatic carbocycles. The van der Waals surface area contributed by atoms with E-state index in [1.165, 1.54) is 6.42 Å². The molecular weight excluding hydrogens is 310 g/mol. The lowest BCUT2D eigenvalue weighted by atomic mass is 9.89. The highest BCUT2D eigenvalue weighted by atomic mass is 16.2. The van der Waals surface area contributed by atoms with Gasteiger partial charge in [0.2, 0.25) is 11.8 Å². The summed E-state index contributed by atoms with van der Waals surface area (Å²) >= 11 is 0. The Balaban J connectivity index is -0.000000210. The summed E-state index contributed by atoms with van der Waals surface area (Å²) in [5.41, 5.74) is 0.847. The second-order valence-electron chi connectivity index (χ2n) is 4.21. The molecule has 1 heterocycles.